The van der Waals surface area contributed by atoms with E-state index in [-0.39, 0.29) is 23.8 Å². The number of carbonyl (C=O) groups is 1. The summed E-state index contributed by atoms with van der Waals surface area (Å²) in [5.41, 5.74) is 1.96. The molecule has 0 fully saturated rings. The number of rotatable bonds is 5. The van der Waals surface area contributed by atoms with Gasteiger partial charge in [-0.2, -0.15) is 0 Å². The second-order valence-corrected chi connectivity index (χ2v) is 7.34. The lowest BCUT2D eigenvalue weighted by molar-refractivity contribution is -0.124. The van der Waals surface area contributed by atoms with Gasteiger partial charge < -0.3 is 14.8 Å². The van der Waals surface area contributed by atoms with E-state index in [0.717, 1.165) is 22.6 Å². The maximum Gasteiger partial charge on any atom is 0.228 e. The molecule has 2 aromatic carbocycles. The van der Waals surface area contributed by atoms with E-state index >= 15 is 0 Å². The molecule has 2 aromatic rings. The topological polar surface area (TPSA) is 47.6 Å². The number of nitrogens with one attached hydrogen (secondary N) is 1. The van der Waals surface area contributed by atoms with E-state index in [1.807, 2.05) is 63.2 Å². The Bertz CT molecular complexity index is 773. The van der Waals surface area contributed by atoms with Crippen LogP contribution in [0.15, 0.2) is 42.5 Å². The van der Waals surface area contributed by atoms with Crippen LogP contribution in [0.4, 0.5) is 0 Å². The monoisotopic (exact) mass is 373 g/mol. The summed E-state index contributed by atoms with van der Waals surface area (Å²) in [4.78, 5) is 12.9. The Morgan fingerprint density at radius 1 is 0.962 bits per heavy atom. The molecule has 4 nitrogen and oxygen atoms in total. The first kappa shape index (κ1) is 18.6. The lowest BCUT2D eigenvalue weighted by atomic mass is 9.87. The number of benzene rings is 2. The van der Waals surface area contributed by atoms with Crippen LogP contribution in [0.2, 0.25) is 5.02 Å². The standard InChI is InChI=1S/C21H24ClNO3/c1-13(2)20(15-4-7-17(22)8-5-15)21(24)23-14(3)16-6-9-18-19(12-16)26-11-10-25-18/h4-9,12-14,20H,10-11H2,1-3H3,(H,23,24)/t14-,20+/m0/s1. The highest BCUT2D eigenvalue weighted by Crippen LogP contribution is 2.33. The lowest BCUT2D eigenvalue weighted by Crippen LogP contribution is -2.34. The number of fused-ring (bicyclic) bond motifs is 1. The molecule has 138 valence electrons. The van der Waals surface area contributed by atoms with Crippen LogP contribution in [0.25, 0.3) is 0 Å². The van der Waals surface area contributed by atoms with E-state index in [1.165, 1.54) is 0 Å². The largest absolute Gasteiger partial charge is 0.486 e. The van der Waals surface area contributed by atoms with Crippen molar-refractivity contribution in [1.82, 2.24) is 5.32 Å². The number of hydrogen-bond acceptors (Lipinski definition) is 3. The molecule has 0 saturated carbocycles. The second-order valence-electron chi connectivity index (χ2n) is 6.91. The van der Waals surface area contributed by atoms with Gasteiger partial charge in [0.2, 0.25) is 5.91 Å². The van der Waals surface area contributed by atoms with Gasteiger partial charge >= 0.3 is 0 Å². The van der Waals surface area contributed by atoms with Gasteiger partial charge in [-0.05, 0) is 48.2 Å². The first-order valence-electron chi connectivity index (χ1n) is 8.91. The molecule has 2 atom stereocenters. The van der Waals surface area contributed by atoms with Gasteiger partial charge in [0, 0.05) is 5.02 Å². The molecule has 0 aromatic heterocycles. The van der Waals surface area contributed by atoms with Crippen molar-refractivity contribution in [2.75, 3.05) is 13.2 Å². The zero-order valence-electron chi connectivity index (χ0n) is 15.3. The molecule has 26 heavy (non-hydrogen) atoms. The summed E-state index contributed by atoms with van der Waals surface area (Å²) in [6.45, 7) is 7.18. The molecule has 0 saturated heterocycles. The highest BCUT2D eigenvalue weighted by molar-refractivity contribution is 6.30. The molecule has 5 heteroatoms. The van der Waals surface area contributed by atoms with Gasteiger partial charge in [0.25, 0.3) is 0 Å². The van der Waals surface area contributed by atoms with E-state index in [9.17, 15) is 4.79 Å². The average Bonchev–Trinajstić information content (AvgIpc) is 2.62. The molecule has 0 bridgehead atoms. The predicted octanol–water partition coefficient (Wildman–Crippen LogP) is 4.73. The van der Waals surface area contributed by atoms with Gasteiger partial charge in [-0.25, -0.2) is 0 Å². The second kappa shape index (κ2) is 8.00. The number of carbonyl (C=O) groups excluding carboxylic acids is 1. The zero-order chi connectivity index (χ0) is 18.7. The summed E-state index contributed by atoms with van der Waals surface area (Å²) in [5.74, 6) is 1.42. The van der Waals surface area contributed by atoms with Crippen molar-refractivity contribution in [3.63, 3.8) is 0 Å². The van der Waals surface area contributed by atoms with Gasteiger partial charge in [0.15, 0.2) is 11.5 Å². The number of hydrogen-bond donors (Lipinski definition) is 1. The maximum atomic E-state index is 12.9. The summed E-state index contributed by atoms with van der Waals surface area (Å²) in [5, 5.41) is 3.80. The molecule has 0 radical (unpaired) electrons. The third-order valence-electron chi connectivity index (χ3n) is 4.60. The Balaban J connectivity index is 1.75. The SMILES string of the molecule is CC(C)[C@@H](C(=O)N[C@@H](C)c1ccc2c(c1)OCCO2)c1ccc(Cl)cc1. The molecule has 1 aliphatic rings. The molecule has 1 N–H and O–H groups in total. The zero-order valence-corrected chi connectivity index (χ0v) is 16.0. The van der Waals surface area contributed by atoms with E-state index in [0.29, 0.717) is 18.2 Å². The molecule has 1 aliphatic heterocycles. The predicted molar refractivity (Wildman–Crippen MR) is 103 cm³/mol. The van der Waals surface area contributed by atoms with Crippen LogP contribution in [0.5, 0.6) is 11.5 Å². The summed E-state index contributed by atoms with van der Waals surface area (Å²) >= 11 is 5.98. The minimum absolute atomic E-state index is 0.00436. The fourth-order valence-corrected chi connectivity index (χ4v) is 3.35. The number of halogens is 1. The smallest absolute Gasteiger partial charge is 0.228 e. The van der Waals surface area contributed by atoms with Crippen LogP contribution in [-0.4, -0.2) is 19.1 Å². The molecule has 1 heterocycles. The van der Waals surface area contributed by atoms with Crippen molar-refractivity contribution in [2.24, 2.45) is 5.92 Å². The van der Waals surface area contributed by atoms with Crippen molar-refractivity contribution < 1.29 is 14.3 Å². The highest BCUT2D eigenvalue weighted by atomic mass is 35.5. The van der Waals surface area contributed by atoms with Crippen LogP contribution in [0.3, 0.4) is 0 Å². The summed E-state index contributed by atoms with van der Waals surface area (Å²) < 4.78 is 11.2. The highest BCUT2D eigenvalue weighted by Gasteiger charge is 2.26. The summed E-state index contributed by atoms with van der Waals surface area (Å²) in [7, 11) is 0. The van der Waals surface area contributed by atoms with E-state index < -0.39 is 0 Å². The fourth-order valence-electron chi connectivity index (χ4n) is 3.22. The summed E-state index contributed by atoms with van der Waals surface area (Å²) in [6.07, 6.45) is 0. The van der Waals surface area contributed by atoms with E-state index in [4.69, 9.17) is 21.1 Å². The number of ether oxygens (including phenoxy) is 2. The maximum absolute atomic E-state index is 12.9. The molecular weight excluding hydrogens is 350 g/mol. The normalized spacial score (nSPS) is 15.4. The van der Waals surface area contributed by atoms with E-state index in [2.05, 4.69) is 5.32 Å². The van der Waals surface area contributed by atoms with Gasteiger partial charge in [-0.3, -0.25) is 4.79 Å². The Morgan fingerprint density at radius 2 is 1.58 bits per heavy atom. The first-order valence-corrected chi connectivity index (χ1v) is 9.29. The van der Waals surface area contributed by atoms with Crippen molar-refractivity contribution in [3.05, 3.63) is 58.6 Å². The fraction of sp³-hybridized carbons (Fsp3) is 0.381. The molecule has 0 aliphatic carbocycles. The third kappa shape index (κ3) is 4.13. The Labute approximate surface area is 159 Å². The minimum atomic E-state index is -0.230. The Hall–Kier alpha value is -2.20. The van der Waals surface area contributed by atoms with Gasteiger partial charge in [0.05, 0.1) is 12.0 Å². The Morgan fingerprint density at radius 3 is 2.23 bits per heavy atom. The van der Waals surface area contributed by atoms with Gasteiger partial charge in [-0.1, -0.05) is 43.6 Å². The molecule has 0 spiro atoms. The summed E-state index contributed by atoms with van der Waals surface area (Å²) in [6, 6.07) is 13.1. The van der Waals surface area contributed by atoms with Crippen molar-refractivity contribution in [2.45, 2.75) is 32.7 Å². The molecule has 0 unspecified atom stereocenters. The van der Waals surface area contributed by atoms with Crippen LogP contribution in [0.1, 0.15) is 43.9 Å². The molecule has 3 rings (SSSR count). The van der Waals surface area contributed by atoms with Gasteiger partial charge in [0.1, 0.15) is 13.2 Å². The molecule has 1 amide bonds. The quantitative estimate of drug-likeness (QED) is 0.824. The van der Waals surface area contributed by atoms with Crippen LogP contribution >= 0.6 is 11.6 Å². The van der Waals surface area contributed by atoms with Crippen molar-refractivity contribution >= 4 is 17.5 Å². The molecular formula is C21H24ClNO3. The van der Waals surface area contributed by atoms with E-state index in [1.54, 1.807) is 0 Å². The van der Waals surface area contributed by atoms with Crippen LogP contribution < -0.4 is 14.8 Å². The van der Waals surface area contributed by atoms with Crippen LogP contribution in [0, 0.1) is 5.92 Å². The minimum Gasteiger partial charge on any atom is -0.486 e. The van der Waals surface area contributed by atoms with Crippen LogP contribution in [-0.2, 0) is 4.79 Å². The Kier molecular flexibility index (Phi) is 5.72. The van der Waals surface area contributed by atoms with Crippen molar-refractivity contribution in [3.8, 4) is 11.5 Å². The number of amides is 1. The first-order chi connectivity index (χ1) is 12.5. The van der Waals surface area contributed by atoms with Crippen molar-refractivity contribution in [1.29, 1.82) is 0 Å². The van der Waals surface area contributed by atoms with Gasteiger partial charge in [-0.15, -0.1) is 0 Å². The average molecular weight is 374 g/mol. The third-order valence-corrected chi connectivity index (χ3v) is 4.86. The lowest BCUT2D eigenvalue weighted by Gasteiger charge is -2.25.